The van der Waals surface area contributed by atoms with Gasteiger partial charge in [0.05, 0.1) is 10.5 Å². The lowest BCUT2D eigenvalue weighted by molar-refractivity contribution is -0.384. The number of aromatic nitrogens is 1. The van der Waals surface area contributed by atoms with Gasteiger partial charge in [0.15, 0.2) is 0 Å². The number of nitrogens with one attached hydrogen (secondary N) is 1. The number of anilines is 1. The summed E-state index contributed by atoms with van der Waals surface area (Å²) < 4.78 is 0. The Labute approximate surface area is 94.0 Å². The number of terminal acetylenes is 1. The molecule has 0 aliphatic rings. The Bertz CT molecular complexity index is 461. The first-order chi connectivity index (χ1) is 7.35. The molecular formula is C11H13N3O2. The van der Waals surface area contributed by atoms with E-state index in [0.717, 1.165) is 5.56 Å². The van der Waals surface area contributed by atoms with Crippen molar-refractivity contribution in [1.29, 1.82) is 0 Å². The van der Waals surface area contributed by atoms with Crippen LogP contribution < -0.4 is 5.32 Å². The van der Waals surface area contributed by atoms with Gasteiger partial charge in [-0.25, -0.2) is 4.98 Å². The van der Waals surface area contributed by atoms with Gasteiger partial charge in [0, 0.05) is 12.3 Å². The first-order valence-electron chi connectivity index (χ1n) is 4.73. The van der Waals surface area contributed by atoms with Crippen LogP contribution in [-0.4, -0.2) is 15.4 Å². The highest BCUT2D eigenvalue weighted by Gasteiger charge is 2.21. The van der Waals surface area contributed by atoms with Gasteiger partial charge < -0.3 is 5.32 Å². The zero-order chi connectivity index (χ0) is 12.3. The standard InChI is InChI=1S/C11H13N3O2/c1-5-11(3,4)13-10-9(14(15)16)6-8(2)7-12-10/h1,6-7H,2-4H3,(H,12,13). The van der Waals surface area contributed by atoms with Crippen LogP contribution in [-0.2, 0) is 0 Å². The molecule has 0 fully saturated rings. The molecule has 1 rings (SSSR count). The summed E-state index contributed by atoms with van der Waals surface area (Å²) in [6.07, 6.45) is 6.86. The van der Waals surface area contributed by atoms with E-state index in [-0.39, 0.29) is 11.5 Å². The lowest BCUT2D eigenvalue weighted by atomic mass is 10.1. The van der Waals surface area contributed by atoms with Crippen LogP contribution in [0.4, 0.5) is 11.5 Å². The van der Waals surface area contributed by atoms with E-state index in [1.807, 2.05) is 0 Å². The van der Waals surface area contributed by atoms with E-state index in [1.54, 1.807) is 27.0 Å². The number of nitrogens with zero attached hydrogens (tertiary/aromatic N) is 2. The summed E-state index contributed by atoms with van der Waals surface area (Å²) in [5.41, 5.74) is -0.00777. The second kappa shape index (κ2) is 4.19. The maximum absolute atomic E-state index is 10.8. The lowest BCUT2D eigenvalue weighted by Crippen LogP contribution is -2.29. The second-order valence-electron chi connectivity index (χ2n) is 4.03. The quantitative estimate of drug-likeness (QED) is 0.480. The zero-order valence-corrected chi connectivity index (χ0v) is 9.44. The van der Waals surface area contributed by atoms with E-state index in [4.69, 9.17) is 6.42 Å². The third-order valence-electron chi connectivity index (χ3n) is 1.99. The molecule has 0 aromatic carbocycles. The zero-order valence-electron chi connectivity index (χ0n) is 9.44. The first kappa shape index (κ1) is 12.0. The van der Waals surface area contributed by atoms with E-state index in [0.29, 0.717) is 0 Å². The molecule has 0 radical (unpaired) electrons. The largest absolute Gasteiger partial charge is 0.349 e. The van der Waals surface area contributed by atoms with Crippen molar-refractivity contribution in [2.45, 2.75) is 26.3 Å². The van der Waals surface area contributed by atoms with Gasteiger partial charge in [0.1, 0.15) is 0 Å². The van der Waals surface area contributed by atoms with Crippen molar-refractivity contribution in [3.05, 3.63) is 27.9 Å². The summed E-state index contributed by atoms with van der Waals surface area (Å²) in [5.74, 6) is 2.69. The van der Waals surface area contributed by atoms with Crippen molar-refractivity contribution >= 4 is 11.5 Å². The summed E-state index contributed by atoms with van der Waals surface area (Å²) in [5, 5.41) is 13.7. The van der Waals surface area contributed by atoms with E-state index < -0.39 is 10.5 Å². The van der Waals surface area contributed by atoms with Gasteiger partial charge in [-0.15, -0.1) is 6.42 Å². The number of rotatable bonds is 3. The van der Waals surface area contributed by atoms with E-state index in [2.05, 4.69) is 16.2 Å². The molecule has 5 heteroatoms. The van der Waals surface area contributed by atoms with Gasteiger partial charge in [0.25, 0.3) is 0 Å². The maximum atomic E-state index is 10.8. The summed E-state index contributed by atoms with van der Waals surface area (Å²) in [7, 11) is 0. The molecule has 0 atom stereocenters. The molecule has 0 saturated heterocycles. The van der Waals surface area contributed by atoms with Gasteiger partial charge in [-0.05, 0) is 26.3 Å². The fourth-order valence-electron chi connectivity index (χ4n) is 1.12. The molecule has 0 spiro atoms. The summed E-state index contributed by atoms with van der Waals surface area (Å²) in [6.45, 7) is 5.24. The van der Waals surface area contributed by atoms with Crippen molar-refractivity contribution in [3.63, 3.8) is 0 Å². The Hall–Kier alpha value is -2.09. The second-order valence-corrected chi connectivity index (χ2v) is 4.03. The molecule has 1 heterocycles. The molecule has 1 aromatic rings. The molecule has 0 aliphatic heterocycles. The Balaban J connectivity index is 3.15. The first-order valence-corrected chi connectivity index (χ1v) is 4.73. The molecule has 0 aliphatic carbocycles. The molecule has 84 valence electrons. The fraction of sp³-hybridized carbons (Fsp3) is 0.364. The minimum absolute atomic E-state index is 0.0664. The lowest BCUT2D eigenvalue weighted by Gasteiger charge is -2.19. The molecule has 0 saturated carbocycles. The smallest absolute Gasteiger partial charge is 0.311 e. The van der Waals surface area contributed by atoms with E-state index in [9.17, 15) is 10.1 Å². The fourth-order valence-corrected chi connectivity index (χ4v) is 1.12. The van der Waals surface area contributed by atoms with Gasteiger partial charge in [-0.1, -0.05) is 5.92 Å². The van der Waals surface area contributed by atoms with Crippen LogP contribution in [0.1, 0.15) is 19.4 Å². The Morgan fingerprint density at radius 2 is 2.25 bits per heavy atom. The average Bonchev–Trinajstić information content (AvgIpc) is 2.20. The van der Waals surface area contributed by atoms with Crippen molar-refractivity contribution in [2.75, 3.05) is 5.32 Å². The number of aryl methyl sites for hydroxylation is 1. The minimum atomic E-state index is -0.674. The van der Waals surface area contributed by atoms with E-state index in [1.165, 1.54) is 6.07 Å². The number of hydrogen-bond acceptors (Lipinski definition) is 4. The van der Waals surface area contributed by atoms with Crippen LogP contribution in [0.5, 0.6) is 0 Å². The Morgan fingerprint density at radius 3 is 2.75 bits per heavy atom. The summed E-state index contributed by atoms with van der Waals surface area (Å²) >= 11 is 0. The predicted octanol–water partition coefficient (Wildman–Crippen LogP) is 2.12. The van der Waals surface area contributed by atoms with Gasteiger partial charge in [0.2, 0.25) is 5.82 Å². The van der Waals surface area contributed by atoms with Crippen LogP contribution in [0.2, 0.25) is 0 Å². The normalized spacial score (nSPS) is 10.6. The van der Waals surface area contributed by atoms with Gasteiger partial charge >= 0.3 is 5.69 Å². The molecule has 5 nitrogen and oxygen atoms in total. The molecule has 0 amide bonds. The van der Waals surface area contributed by atoms with Gasteiger partial charge in [-0.2, -0.15) is 0 Å². The number of nitro groups is 1. The third-order valence-corrected chi connectivity index (χ3v) is 1.99. The van der Waals surface area contributed by atoms with Crippen molar-refractivity contribution in [2.24, 2.45) is 0 Å². The highest BCUT2D eigenvalue weighted by molar-refractivity contribution is 5.58. The highest BCUT2D eigenvalue weighted by Crippen LogP contribution is 2.25. The maximum Gasteiger partial charge on any atom is 0.311 e. The molecular weight excluding hydrogens is 206 g/mol. The topological polar surface area (TPSA) is 68.1 Å². The molecule has 0 unspecified atom stereocenters. The summed E-state index contributed by atoms with van der Waals surface area (Å²) in [4.78, 5) is 14.3. The van der Waals surface area contributed by atoms with Crippen LogP contribution in [0.3, 0.4) is 0 Å². The van der Waals surface area contributed by atoms with Crippen molar-refractivity contribution < 1.29 is 4.92 Å². The molecule has 1 N–H and O–H groups in total. The van der Waals surface area contributed by atoms with E-state index >= 15 is 0 Å². The third kappa shape index (κ3) is 2.70. The SMILES string of the molecule is C#CC(C)(C)Nc1ncc(C)cc1[N+](=O)[O-]. The van der Waals surface area contributed by atoms with Crippen LogP contribution in [0, 0.1) is 29.4 Å². The van der Waals surface area contributed by atoms with Crippen LogP contribution in [0.15, 0.2) is 12.3 Å². The van der Waals surface area contributed by atoms with Crippen molar-refractivity contribution in [3.8, 4) is 12.3 Å². The van der Waals surface area contributed by atoms with Crippen LogP contribution >= 0.6 is 0 Å². The molecule has 16 heavy (non-hydrogen) atoms. The Kier molecular flexibility index (Phi) is 3.14. The monoisotopic (exact) mass is 219 g/mol. The van der Waals surface area contributed by atoms with Crippen molar-refractivity contribution in [1.82, 2.24) is 4.98 Å². The van der Waals surface area contributed by atoms with Crippen LogP contribution in [0.25, 0.3) is 0 Å². The minimum Gasteiger partial charge on any atom is -0.349 e. The highest BCUT2D eigenvalue weighted by atomic mass is 16.6. The Morgan fingerprint density at radius 1 is 1.62 bits per heavy atom. The molecule has 0 bridgehead atoms. The molecule has 1 aromatic heterocycles. The van der Waals surface area contributed by atoms with Gasteiger partial charge in [-0.3, -0.25) is 10.1 Å². The summed E-state index contributed by atoms with van der Waals surface area (Å²) in [6, 6.07) is 1.46. The average molecular weight is 219 g/mol. The predicted molar refractivity (Wildman–Crippen MR) is 62.2 cm³/mol. The number of pyridine rings is 1. The number of hydrogen-bond donors (Lipinski definition) is 1.